The molecule has 0 aliphatic heterocycles. The molecular weight excluding hydrogens is 442 g/mol. The van der Waals surface area contributed by atoms with Gasteiger partial charge in [0.2, 0.25) is 5.91 Å². The first-order valence-electron chi connectivity index (χ1n) is 11.4. The van der Waals surface area contributed by atoms with Crippen LogP contribution in [0.25, 0.3) is 21.5 Å². The van der Waals surface area contributed by atoms with E-state index in [-0.39, 0.29) is 5.91 Å². The maximum atomic E-state index is 10.9. The van der Waals surface area contributed by atoms with Crippen molar-refractivity contribution in [2.24, 2.45) is 0 Å². The van der Waals surface area contributed by atoms with Crippen LogP contribution in [0.4, 0.5) is 0 Å². The van der Waals surface area contributed by atoms with Gasteiger partial charge in [-0.15, -0.1) is 0 Å². The lowest BCUT2D eigenvalue weighted by Crippen LogP contribution is -2.22. The highest BCUT2D eigenvalue weighted by molar-refractivity contribution is 5.87. The SMILES string of the molecule is COc1ccc2cc([C@H](C)C(=O)O)ccc2c1.COc1ccc2cccc(CCNC(C)=O)c2c1. The van der Waals surface area contributed by atoms with Crippen LogP contribution in [0, 0.1) is 0 Å². The van der Waals surface area contributed by atoms with Crippen LogP contribution in [0.2, 0.25) is 0 Å². The molecule has 35 heavy (non-hydrogen) atoms. The van der Waals surface area contributed by atoms with Crippen molar-refractivity contribution in [1.29, 1.82) is 0 Å². The lowest BCUT2D eigenvalue weighted by Gasteiger charge is -2.08. The van der Waals surface area contributed by atoms with E-state index in [1.54, 1.807) is 21.1 Å². The van der Waals surface area contributed by atoms with Crippen molar-refractivity contribution in [1.82, 2.24) is 5.32 Å². The van der Waals surface area contributed by atoms with Crippen LogP contribution < -0.4 is 14.8 Å². The second-order valence-electron chi connectivity index (χ2n) is 8.27. The van der Waals surface area contributed by atoms with E-state index in [0.717, 1.165) is 34.3 Å². The molecule has 0 bridgehead atoms. The Balaban J connectivity index is 0.000000196. The number of methoxy groups -OCH3 is 2. The summed E-state index contributed by atoms with van der Waals surface area (Å²) in [6.45, 7) is 3.88. The van der Waals surface area contributed by atoms with Gasteiger partial charge in [0, 0.05) is 13.5 Å². The van der Waals surface area contributed by atoms with E-state index < -0.39 is 11.9 Å². The number of fused-ring (bicyclic) bond motifs is 2. The fraction of sp³-hybridized carbons (Fsp3) is 0.241. The van der Waals surface area contributed by atoms with Crippen molar-refractivity contribution in [3.63, 3.8) is 0 Å². The Bertz CT molecular complexity index is 1330. The van der Waals surface area contributed by atoms with Crippen LogP contribution in [-0.2, 0) is 16.0 Å². The number of aliphatic carboxylic acids is 1. The van der Waals surface area contributed by atoms with Gasteiger partial charge in [-0.1, -0.05) is 48.5 Å². The van der Waals surface area contributed by atoms with E-state index in [9.17, 15) is 9.59 Å². The van der Waals surface area contributed by atoms with Crippen LogP contribution in [0.3, 0.4) is 0 Å². The number of amides is 1. The minimum atomic E-state index is -0.808. The third-order valence-electron chi connectivity index (χ3n) is 5.89. The zero-order valence-electron chi connectivity index (χ0n) is 20.5. The maximum absolute atomic E-state index is 10.9. The summed E-state index contributed by atoms with van der Waals surface area (Å²) >= 11 is 0. The zero-order valence-corrected chi connectivity index (χ0v) is 20.5. The second kappa shape index (κ2) is 11.9. The van der Waals surface area contributed by atoms with Gasteiger partial charge in [0.15, 0.2) is 0 Å². The summed E-state index contributed by atoms with van der Waals surface area (Å²) in [6.07, 6.45) is 0.823. The normalized spacial score (nSPS) is 11.3. The highest BCUT2D eigenvalue weighted by Crippen LogP contribution is 2.26. The van der Waals surface area contributed by atoms with E-state index >= 15 is 0 Å². The number of carbonyl (C=O) groups is 2. The van der Waals surface area contributed by atoms with Gasteiger partial charge in [0.05, 0.1) is 20.1 Å². The average molecular weight is 474 g/mol. The van der Waals surface area contributed by atoms with Crippen molar-refractivity contribution in [2.75, 3.05) is 20.8 Å². The lowest BCUT2D eigenvalue weighted by atomic mass is 9.98. The van der Waals surface area contributed by atoms with Crippen molar-refractivity contribution >= 4 is 33.4 Å². The van der Waals surface area contributed by atoms with Gasteiger partial charge in [-0.2, -0.15) is 0 Å². The van der Waals surface area contributed by atoms with E-state index in [1.165, 1.54) is 23.3 Å². The summed E-state index contributed by atoms with van der Waals surface area (Å²) in [6, 6.07) is 23.7. The average Bonchev–Trinajstić information content (AvgIpc) is 2.87. The van der Waals surface area contributed by atoms with E-state index in [1.807, 2.05) is 54.6 Å². The van der Waals surface area contributed by atoms with Gasteiger partial charge in [-0.3, -0.25) is 9.59 Å². The molecular formula is C29H31NO5. The van der Waals surface area contributed by atoms with Crippen LogP contribution in [0.5, 0.6) is 11.5 Å². The van der Waals surface area contributed by atoms with Crippen molar-refractivity contribution in [2.45, 2.75) is 26.2 Å². The molecule has 0 fully saturated rings. The third kappa shape index (κ3) is 6.73. The van der Waals surface area contributed by atoms with E-state index in [0.29, 0.717) is 6.54 Å². The molecule has 0 unspecified atom stereocenters. The molecule has 4 aromatic rings. The number of benzene rings is 4. The summed E-state index contributed by atoms with van der Waals surface area (Å²) in [5, 5.41) is 16.2. The summed E-state index contributed by atoms with van der Waals surface area (Å²) < 4.78 is 10.4. The van der Waals surface area contributed by atoms with Crippen molar-refractivity contribution in [3.8, 4) is 11.5 Å². The molecule has 0 saturated carbocycles. The standard InChI is InChI=1S/C15H17NO2.C14H14O3/c1-11(17)16-9-8-13-5-3-4-12-6-7-14(18-2)10-15(12)13;1-9(14(15)16)10-3-4-12-8-13(17-2)6-5-11(12)7-10/h3-7,10H,8-9H2,1-2H3,(H,16,17);3-9H,1-2H3,(H,15,16)/t;9-/m.0/s1. The highest BCUT2D eigenvalue weighted by atomic mass is 16.5. The molecule has 0 aliphatic carbocycles. The number of carboxylic acids is 1. The molecule has 2 N–H and O–H groups in total. The molecule has 0 saturated heterocycles. The molecule has 0 spiro atoms. The molecule has 6 heteroatoms. The highest BCUT2D eigenvalue weighted by Gasteiger charge is 2.13. The Morgan fingerprint density at radius 1 is 0.857 bits per heavy atom. The monoisotopic (exact) mass is 473 g/mol. The fourth-order valence-corrected chi connectivity index (χ4v) is 3.82. The first-order chi connectivity index (χ1) is 16.8. The number of carbonyl (C=O) groups excluding carboxylic acids is 1. The number of ether oxygens (including phenoxy) is 2. The summed E-state index contributed by atoms with van der Waals surface area (Å²) in [7, 11) is 3.29. The van der Waals surface area contributed by atoms with Gasteiger partial charge < -0.3 is 19.9 Å². The lowest BCUT2D eigenvalue weighted by molar-refractivity contribution is -0.138. The van der Waals surface area contributed by atoms with Gasteiger partial charge >= 0.3 is 5.97 Å². The molecule has 4 aromatic carbocycles. The Morgan fingerprint density at radius 3 is 2.14 bits per heavy atom. The minimum absolute atomic E-state index is 0.00724. The van der Waals surface area contributed by atoms with Crippen LogP contribution in [0.1, 0.15) is 30.9 Å². The van der Waals surface area contributed by atoms with Gasteiger partial charge in [0.25, 0.3) is 0 Å². The predicted molar refractivity (Wildman–Crippen MR) is 139 cm³/mol. The summed E-state index contributed by atoms with van der Waals surface area (Å²) in [5.41, 5.74) is 2.04. The number of carboxylic acid groups (broad SMARTS) is 1. The molecule has 0 aromatic heterocycles. The van der Waals surface area contributed by atoms with E-state index in [2.05, 4.69) is 23.5 Å². The first kappa shape index (κ1) is 25.6. The molecule has 6 nitrogen and oxygen atoms in total. The summed E-state index contributed by atoms with van der Waals surface area (Å²) in [5.74, 6) is 0.373. The molecule has 0 radical (unpaired) electrons. The summed E-state index contributed by atoms with van der Waals surface area (Å²) in [4.78, 5) is 21.8. The largest absolute Gasteiger partial charge is 0.497 e. The van der Waals surface area contributed by atoms with Crippen LogP contribution in [-0.4, -0.2) is 37.7 Å². The van der Waals surface area contributed by atoms with Gasteiger partial charge in [-0.05, 0) is 70.3 Å². The Hall–Kier alpha value is -4.06. The molecule has 4 rings (SSSR count). The predicted octanol–water partition coefficient (Wildman–Crippen LogP) is 5.56. The Morgan fingerprint density at radius 2 is 1.49 bits per heavy atom. The molecule has 0 heterocycles. The zero-order chi connectivity index (χ0) is 25.4. The number of hydrogen-bond donors (Lipinski definition) is 2. The van der Waals surface area contributed by atoms with Gasteiger partial charge in [-0.25, -0.2) is 0 Å². The Labute approximate surface area is 205 Å². The van der Waals surface area contributed by atoms with Crippen molar-refractivity contribution in [3.05, 3.63) is 83.9 Å². The number of hydrogen-bond acceptors (Lipinski definition) is 4. The molecule has 1 amide bonds. The topological polar surface area (TPSA) is 84.9 Å². The quantitative estimate of drug-likeness (QED) is 0.367. The number of rotatable bonds is 7. The maximum Gasteiger partial charge on any atom is 0.310 e. The van der Waals surface area contributed by atoms with Crippen LogP contribution in [0.15, 0.2) is 72.8 Å². The number of nitrogens with one attached hydrogen (secondary N) is 1. The van der Waals surface area contributed by atoms with Gasteiger partial charge in [0.1, 0.15) is 11.5 Å². The Kier molecular flexibility index (Phi) is 8.68. The van der Waals surface area contributed by atoms with Crippen LogP contribution >= 0.6 is 0 Å². The van der Waals surface area contributed by atoms with Crippen molar-refractivity contribution < 1.29 is 24.2 Å². The van der Waals surface area contributed by atoms with E-state index in [4.69, 9.17) is 14.6 Å². The minimum Gasteiger partial charge on any atom is -0.497 e. The smallest absolute Gasteiger partial charge is 0.310 e. The molecule has 182 valence electrons. The molecule has 1 atom stereocenters. The third-order valence-corrected chi connectivity index (χ3v) is 5.89. The second-order valence-corrected chi connectivity index (χ2v) is 8.27. The fourth-order valence-electron chi connectivity index (χ4n) is 3.82. The first-order valence-corrected chi connectivity index (χ1v) is 11.4. The molecule has 0 aliphatic rings.